The number of pyridine rings is 3. The van der Waals surface area contributed by atoms with Crippen LogP contribution < -0.4 is 10.6 Å². The van der Waals surface area contributed by atoms with E-state index in [1.165, 1.54) is 12.1 Å². The fourth-order valence-corrected chi connectivity index (χ4v) is 5.16. The van der Waals surface area contributed by atoms with Crippen LogP contribution in [0.2, 0.25) is 0 Å². The molecule has 0 aliphatic heterocycles. The number of nitrogens with one attached hydrogen (secondary N) is 4. The molecule has 4 N–H and O–H groups in total. The topological polar surface area (TPSA) is 128 Å². The molecule has 0 fully saturated rings. The summed E-state index contributed by atoms with van der Waals surface area (Å²) in [4.78, 5) is 31.3. The number of halogens is 1. The Morgan fingerprint density at radius 1 is 0.932 bits per heavy atom. The fourth-order valence-electron chi connectivity index (χ4n) is 5.16. The first kappa shape index (κ1) is 28.9. The lowest BCUT2D eigenvalue weighted by molar-refractivity contribution is -0.116. The number of unbranched alkanes of at least 4 members (excludes halogenated alkanes) is 1. The van der Waals surface area contributed by atoms with E-state index in [4.69, 9.17) is 0 Å². The minimum atomic E-state index is -0.333. The molecule has 6 rings (SSSR count). The maximum Gasteiger partial charge on any atom is 0.224 e. The van der Waals surface area contributed by atoms with Crippen molar-refractivity contribution in [2.24, 2.45) is 0 Å². The molecule has 1 amide bonds. The van der Waals surface area contributed by atoms with Gasteiger partial charge in [-0.2, -0.15) is 5.10 Å². The minimum Gasteiger partial charge on any atom is -0.384 e. The quantitative estimate of drug-likeness (QED) is 0.136. The third-order valence-electron chi connectivity index (χ3n) is 7.39. The first-order valence-corrected chi connectivity index (χ1v) is 14.6. The third-order valence-corrected chi connectivity index (χ3v) is 7.39. The van der Waals surface area contributed by atoms with Gasteiger partial charge >= 0.3 is 0 Å². The van der Waals surface area contributed by atoms with E-state index in [9.17, 15) is 9.18 Å². The second-order valence-corrected chi connectivity index (χ2v) is 11.1. The molecular formula is C33H34FN9O. The van der Waals surface area contributed by atoms with Gasteiger partial charge in [0.05, 0.1) is 23.3 Å². The third kappa shape index (κ3) is 6.28. The van der Waals surface area contributed by atoms with E-state index in [2.05, 4.69) is 52.6 Å². The van der Waals surface area contributed by atoms with Crippen LogP contribution in [0.5, 0.6) is 0 Å². The number of rotatable bonds is 11. The Labute approximate surface area is 254 Å². The van der Waals surface area contributed by atoms with Crippen LogP contribution in [0.25, 0.3) is 55.7 Å². The molecule has 0 aliphatic carbocycles. The Morgan fingerprint density at radius 2 is 1.77 bits per heavy atom. The Balaban J connectivity index is 1.33. The minimum absolute atomic E-state index is 0.0285. The summed E-state index contributed by atoms with van der Waals surface area (Å²) in [5, 5.41) is 15.5. The molecule has 0 radical (unpaired) electrons. The van der Waals surface area contributed by atoms with Gasteiger partial charge in [-0.3, -0.25) is 19.9 Å². The number of carbonyl (C=O) groups is 1. The highest BCUT2D eigenvalue weighted by Crippen LogP contribution is 2.35. The first-order valence-electron chi connectivity index (χ1n) is 14.6. The van der Waals surface area contributed by atoms with Crippen LogP contribution in [-0.2, 0) is 4.79 Å². The van der Waals surface area contributed by atoms with Crippen LogP contribution in [-0.4, -0.2) is 68.1 Å². The molecule has 224 valence electrons. The molecule has 0 unspecified atom stereocenters. The van der Waals surface area contributed by atoms with Crippen LogP contribution in [0.4, 0.5) is 15.8 Å². The predicted octanol–water partition coefficient (Wildman–Crippen LogP) is 6.47. The number of amides is 1. The number of nitrogens with zero attached hydrogens (tertiary/aromatic N) is 5. The van der Waals surface area contributed by atoms with Crippen molar-refractivity contribution in [3.8, 4) is 33.8 Å². The van der Waals surface area contributed by atoms with Gasteiger partial charge in [-0.05, 0) is 63.0 Å². The Bertz CT molecular complexity index is 1950. The second kappa shape index (κ2) is 12.6. The van der Waals surface area contributed by atoms with Gasteiger partial charge in [0.2, 0.25) is 5.91 Å². The smallest absolute Gasteiger partial charge is 0.224 e. The van der Waals surface area contributed by atoms with E-state index in [-0.39, 0.29) is 11.7 Å². The summed E-state index contributed by atoms with van der Waals surface area (Å²) >= 11 is 0. The van der Waals surface area contributed by atoms with Crippen LogP contribution in [0.1, 0.15) is 26.2 Å². The fraction of sp³-hybridized carbons (Fsp3) is 0.242. The number of fused-ring (bicyclic) bond motifs is 2. The maximum atomic E-state index is 14.7. The van der Waals surface area contributed by atoms with Gasteiger partial charge in [0.1, 0.15) is 11.5 Å². The van der Waals surface area contributed by atoms with Crippen molar-refractivity contribution < 1.29 is 9.18 Å². The zero-order chi connectivity index (χ0) is 30.6. The standard InChI is InChI=1S/C33H34FN9O/c1-4-5-6-30(44)39-25-13-21(17-35-19-25)22-14-27-32(41-42-33(27)38-18-22)29-16-26-28(40-29)7-8-37-31(26)20-11-23(34)15-24(12-20)36-9-10-43(2)3/h7-8,11-19,36,40H,4-6,9-10H2,1-3H3,(H,39,44)(H,38,41,42). The molecule has 5 heterocycles. The Kier molecular flexibility index (Phi) is 8.29. The largest absolute Gasteiger partial charge is 0.384 e. The van der Waals surface area contributed by atoms with Crippen molar-refractivity contribution in [3.63, 3.8) is 0 Å². The number of hydrogen-bond acceptors (Lipinski definition) is 7. The van der Waals surface area contributed by atoms with Crippen LogP contribution in [0, 0.1) is 5.82 Å². The molecule has 10 nitrogen and oxygen atoms in total. The number of anilines is 2. The summed E-state index contributed by atoms with van der Waals surface area (Å²) in [7, 11) is 4.00. The van der Waals surface area contributed by atoms with Gasteiger partial charge in [-0.25, -0.2) is 9.37 Å². The van der Waals surface area contributed by atoms with E-state index >= 15 is 0 Å². The van der Waals surface area contributed by atoms with Crippen molar-refractivity contribution in [3.05, 3.63) is 73.1 Å². The number of carbonyl (C=O) groups excluding carboxylic acids is 1. The molecule has 0 saturated carbocycles. The van der Waals surface area contributed by atoms with Crippen LogP contribution in [0.15, 0.2) is 67.3 Å². The molecule has 11 heteroatoms. The highest BCUT2D eigenvalue weighted by molar-refractivity contribution is 6.00. The summed E-state index contributed by atoms with van der Waals surface area (Å²) in [5.41, 5.74) is 7.31. The molecule has 5 aromatic heterocycles. The highest BCUT2D eigenvalue weighted by atomic mass is 19.1. The normalized spacial score (nSPS) is 11.5. The van der Waals surface area contributed by atoms with Crippen molar-refractivity contribution >= 4 is 39.2 Å². The number of likely N-dealkylation sites (N-methyl/N-ethyl adjacent to an activating group) is 1. The van der Waals surface area contributed by atoms with Crippen LogP contribution >= 0.6 is 0 Å². The monoisotopic (exact) mass is 591 g/mol. The number of H-pyrrole nitrogens is 2. The second-order valence-electron chi connectivity index (χ2n) is 11.1. The van der Waals surface area contributed by atoms with Gasteiger partial charge in [-0.15, -0.1) is 0 Å². The predicted molar refractivity (Wildman–Crippen MR) is 173 cm³/mol. The molecule has 0 saturated heterocycles. The molecular weight excluding hydrogens is 557 g/mol. The molecule has 0 spiro atoms. The SMILES string of the molecule is CCCCC(=O)Nc1cncc(-c2cnc3[nH]nc(-c4cc5c(-c6cc(F)cc(NCCN(C)C)c6)nccc5[nH]4)c3c2)c1. The van der Waals surface area contributed by atoms with Gasteiger partial charge in [0.25, 0.3) is 0 Å². The average molecular weight is 592 g/mol. The van der Waals surface area contributed by atoms with E-state index < -0.39 is 0 Å². The summed E-state index contributed by atoms with van der Waals surface area (Å²) in [5.74, 6) is -0.361. The molecule has 6 aromatic rings. The molecule has 0 bridgehead atoms. The summed E-state index contributed by atoms with van der Waals surface area (Å²) < 4.78 is 14.7. The molecule has 0 aliphatic rings. The molecule has 44 heavy (non-hydrogen) atoms. The number of benzene rings is 1. The van der Waals surface area contributed by atoms with E-state index in [1.807, 2.05) is 44.4 Å². The maximum absolute atomic E-state index is 14.7. The Morgan fingerprint density at radius 3 is 2.61 bits per heavy atom. The summed E-state index contributed by atoms with van der Waals surface area (Å²) in [6.07, 6.45) is 9.12. The Hall–Kier alpha value is -5.16. The van der Waals surface area contributed by atoms with Gasteiger partial charge in [0.15, 0.2) is 5.65 Å². The van der Waals surface area contributed by atoms with Crippen molar-refractivity contribution in [1.82, 2.24) is 35.0 Å². The van der Waals surface area contributed by atoms with Gasteiger partial charge < -0.3 is 20.5 Å². The number of aromatic nitrogens is 6. The van der Waals surface area contributed by atoms with E-state index in [1.54, 1.807) is 24.8 Å². The lowest BCUT2D eigenvalue weighted by atomic mass is 10.1. The lowest BCUT2D eigenvalue weighted by Gasteiger charge is -2.12. The highest BCUT2D eigenvalue weighted by Gasteiger charge is 2.17. The zero-order valence-electron chi connectivity index (χ0n) is 24.9. The summed E-state index contributed by atoms with van der Waals surface area (Å²) in [6.45, 7) is 3.57. The average Bonchev–Trinajstić information content (AvgIpc) is 3.63. The number of aromatic amines is 2. The lowest BCUT2D eigenvalue weighted by Crippen LogP contribution is -2.20. The number of hydrogen-bond donors (Lipinski definition) is 4. The zero-order valence-corrected chi connectivity index (χ0v) is 24.9. The first-order chi connectivity index (χ1) is 21.4. The molecule has 0 atom stereocenters. The van der Waals surface area contributed by atoms with Gasteiger partial charge in [-0.1, -0.05) is 13.3 Å². The van der Waals surface area contributed by atoms with Crippen molar-refractivity contribution in [2.75, 3.05) is 37.8 Å². The van der Waals surface area contributed by atoms with E-state index in [0.717, 1.165) is 52.5 Å². The van der Waals surface area contributed by atoms with Crippen molar-refractivity contribution in [1.29, 1.82) is 0 Å². The van der Waals surface area contributed by atoms with Gasteiger partial charge in [0, 0.05) is 76.8 Å². The van der Waals surface area contributed by atoms with E-state index in [0.29, 0.717) is 46.9 Å². The summed E-state index contributed by atoms with van der Waals surface area (Å²) in [6, 6.07) is 12.7. The van der Waals surface area contributed by atoms with Crippen LogP contribution in [0.3, 0.4) is 0 Å². The van der Waals surface area contributed by atoms with Crippen molar-refractivity contribution in [2.45, 2.75) is 26.2 Å². The molecule has 1 aromatic carbocycles.